The first-order valence-corrected chi connectivity index (χ1v) is 11.1. The van der Waals surface area contributed by atoms with E-state index in [2.05, 4.69) is 10.6 Å². The van der Waals surface area contributed by atoms with E-state index in [-0.39, 0.29) is 30.2 Å². The molecule has 1 saturated heterocycles. The van der Waals surface area contributed by atoms with Crippen LogP contribution in [0.25, 0.3) is 0 Å². The number of hydrogen-bond donors (Lipinski definition) is 2. The Morgan fingerprint density at radius 2 is 1.52 bits per heavy atom. The zero-order chi connectivity index (χ0) is 23.0. The van der Waals surface area contributed by atoms with Crippen molar-refractivity contribution >= 4 is 17.7 Å². The maximum Gasteiger partial charge on any atom is 0.253 e. The van der Waals surface area contributed by atoms with Crippen LogP contribution in [0.2, 0.25) is 0 Å². The predicted molar refractivity (Wildman–Crippen MR) is 123 cm³/mol. The van der Waals surface area contributed by atoms with Crippen LogP contribution in [0.4, 0.5) is 0 Å². The second-order valence-electron chi connectivity index (χ2n) is 8.11. The van der Waals surface area contributed by atoms with Gasteiger partial charge in [-0.25, -0.2) is 0 Å². The summed E-state index contributed by atoms with van der Waals surface area (Å²) < 4.78 is 5.30. The van der Waals surface area contributed by atoms with Crippen molar-refractivity contribution in [1.82, 2.24) is 15.5 Å². The molecule has 1 aliphatic heterocycles. The lowest BCUT2D eigenvalue weighted by atomic mass is 9.88. The summed E-state index contributed by atoms with van der Waals surface area (Å²) in [5.41, 5.74) is 1.15. The van der Waals surface area contributed by atoms with E-state index in [4.69, 9.17) is 4.42 Å². The monoisotopic (exact) mass is 445 g/mol. The molecule has 170 valence electrons. The Morgan fingerprint density at radius 1 is 0.879 bits per heavy atom. The molecule has 33 heavy (non-hydrogen) atoms. The number of likely N-dealkylation sites (tertiary alicyclic amines) is 1. The van der Waals surface area contributed by atoms with Gasteiger partial charge in [0.1, 0.15) is 11.8 Å². The molecule has 0 spiro atoms. The zero-order valence-corrected chi connectivity index (χ0v) is 18.3. The Morgan fingerprint density at radius 3 is 2.12 bits per heavy atom. The number of furan rings is 1. The van der Waals surface area contributed by atoms with E-state index in [1.807, 2.05) is 29.2 Å². The molecule has 0 radical (unpaired) electrons. The van der Waals surface area contributed by atoms with Gasteiger partial charge in [0.2, 0.25) is 5.91 Å². The van der Waals surface area contributed by atoms with Crippen LogP contribution in [0.5, 0.6) is 0 Å². The molecule has 4 rings (SSSR count). The molecule has 0 aliphatic carbocycles. The topological polar surface area (TPSA) is 91.7 Å². The highest BCUT2D eigenvalue weighted by molar-refractivity contribution is 5.97. The maximum atomic E-state index is 13.1. The van der Waals surface area contributed by atoms with Crippen LogP contribution in [-0.2, 0) is 11.3 Å². The quantitative estimate of drug-likeness (QED) is 0.584. The van der Waals surface area contributed by atoms with E-state index in [0.29, 0.717) is 42.8 Å². The van der Waals surface area contributed by atoms with Gasteiger partial charge in [0.25, 0.3) is 11.8 Å². The standard InChI is InChI=1S/C26H27N3O4/c30-24(20-8-3-1-4-9-20)28-23(25(31)27-18-22-12-7-17-33-22)19-13-15-29(16-14-19)26(32)21-10-5-2-6-11-21/h1-12,17,19,23H,13-16,18H2,(H,27,31)(H,28,30)/t23-/m1/s1. The number of hydrogen-bond acceptors (Lipinski definition) is 4. The molecule has 1 aliphatic rings. The Labute approximate surface area is 192 Å². The number of nitrogens with zero attached hydrogens (tertiary/aromatic N) is 1. The largest absolute Gasteiger partial charge is 0.467 e. The van der Waals surface area contributed by atoms with Crippen molar-refractivity contribution < 1.29 is 18.8 Å². The van der Waals surface area contributed by atoms with Crippen molar-refractivity contribution in [2.24, 2.45) is 5.92 Å². The minimum Gasteiger partial charge on any atom is -0.467 e. The number of piperidine rings is 1. The number of carbonyl (C=O) groups is 3. The number of benzene rings is 2. The van der Waals surface area contributed by atoms with Crippen molar-refractivity contribution in [2.75, 3.05) is 13.1 Å². The Balaban J connectivity index is 1.43. The molecule has 1 aromatic heterocycles. The van der Waals surface area contributed by atoms with Gasteiger partial charge < -0.3 is 20.0 Å². The fraction of sp³-hybridized carbons (Fsp3) is 0.269. The lowest BCUT2D eigenvalue weighted by Gasteiger charge is -2.35. The van der Waals surface area contributed by atoms with E-state index in [9.17, 15) is 14.4 Å². The highest BCUT2D eigenvalue weighted by Crippen LogP contribution is 2.23. The van der Waals surface area contributed by atoms with Crippen LogP contribution < -0.4 is 10.6 Å². The molecule has 7 nitrogen and oxygen atoms in total. The van der Waals surface area contributed by atoms with Gasteiger partial charge >= 0.3 is 0 Å². The van der Waals surface area contributed by atoms with Gasteiger partial charge in [-0.15, -0.1) is 0 Å². The first kappa shape index (κ1) is 22.3. The molecular weight excluding hydrogens is 418 g/mol. The van der Waals surface area contributed by atoms with E-state index >= 15 is 0 Å². The average Bonchev–Trinajstić information content (AvgIpc) is 3.40. The minimum atomic E-state index is -0.707. The number of rotatable bonds is 7. The molecule has 2 N–H and O–H groups in total. The van der Waals surface area contributed by atoms with Crippen LogP contribution in [0.3, 0.4) is 0 Å². The van der Waals surface area contributed by atoms with Crippen LogP contribution in [0.1, 0.15) is 39.3 Å². The molecule has 1 atom stereocenters. The summed E-state index contributed by atoms with van der Waals surface area (Å²) in [7, 11) is 0. The lowest BCUT2D eigenvalue weighted by Crippen LogP contribution is -2.53. The smallest absolute Gasteiger partial charge is 0.253 e. The van der Waals surface area contributed by atoms with Crippen LogP contribution in [0, 0.1) is 5.92 Å². The third-order valence-electron chi connectivity index (χ3n) is 5.94. The van der Waals surface area contributed by atoms with E-state index in [1.54, 1.807) is 54.8 Å². The second kappa shape index (κ2) is 10.6. The number of nitrogens with one attached hydrogen (secondary N) is 2. The highest BCUT2D eigenvalue weighted by Gasteiger charge is 2.34. The van der Waals surface area contributed by atoms with E-state index < -0.39 is 6.04 Å². The van der Waals surface area contributed by atoms with Gasteiger partial charge in [-0.2, -0.15) is 0 Å². The number of amides is 3. The highest BCUT2D eigenvalue weighted by atomic mass is 16.3. The summed E-state index contributed by atoms with van der Waals surface area (Å²) >= 11 is 0. The third kappa shape index (κ3) is 5.68. The fourth-order valence-corrected chi connectivity index (χ4v) is 4.11. The molecule has 0 unspecified atom stereocenters. The normalized spacial score (nSPS) is 15.0. The molecule has 0 bridgehead atoms. The summed E-state index contributed by atoms with van der Waals surface area (Å²) in [5.74, 6) is -0.0184. The minimum absolute atomic E-state index is 0.0128. The SMILES string of the molecule is O=C(N[C@@H](C(=O)NCc1ccco1)C1CCN(C(=O)c2ccccc2)CC1)c1ccccc1. The molecule has 3 amide bonds. The van der Waals surface area contributed by atoms with Gasteiger partial charge in [-0.05, 0) is 55.2 Å². The van der Waals surface area contributed by atoms with E-state index in [1.165, 1.54) is 0 Å². The Hall–Kier alpha value is -3.87. The van der Waals surface area contributed by atoms with Crippen molar-refractivity contribution in [3.63, 3.8) is 0 Å². The van der Waals surface area contributed by atoms with E-state index in [0.717, 1.165) is 0 Å². The van der Waals surface area contributed by atoms with Gasteiger partial charge in [0, 0.05) is 24.2 Å². The molecule has 7 heteroatoms. The maximum absolute atomic E-state index is 13.1. The third-order valence-corrected chi connectivity index (χ3v) is 5.94. The average molecular weight is 446 g/mol. The molecular formula is C26H27N3O4. The predicted octanol–water partition coefficient (Wildman–Crippen LogP) is 3.25. The van der Waals surface area contributed by atoms with Crippen molar-refractivity contribution in [1.29, 1.82) is 0 Å². The first-order chi connectivity index (χ1) is 16.1. The molecule has 0 saturated carbocycles. The van der Waals surface area contributed by atoms with Gasteiger partial charge in [-0.3, -0.25) is 14.4 Å². The molecule has 2 aromatic carbocycles. The van der Waals surface area contributed by atoms with Gasteiger partial charge in [0.05, 0.1) is 12.8 Å². The first-order valence-electron chi connectivity index (χ1n) is 11.1. The summed E-state index contributed by atoms with van der Waals surface area (Å²) in [6.07, 6.45) is 2.79. The van der Waals surface area contributed by atoms with Crippen LogP contribution in [0.15, 0.2) is 83.5 Å². The Bertz CT molecular complexity index is 1060. The van der Waals surface area contributed by atoms with Crippen LogP contribution in [-0.4, -0.2) is 41.8 Å². The molecule has 1 fully saturated rings. The lowest BCUT2D eigenvalue weighted by molar-refractivity contribution is -0.124. The summed E-state index contributed by atoms with van der Waals surface area (Å²) in [6, 6.07) is 20.9. The van der Waals surface area contributed by atoms with Gasteiger partial charge in [0.15, 0.2) is 0 Å². The Kier molecular flexibility index (Phi) is 7.19. The van der Waals surface area contributed by atoms with Crippen molar-refractivity contribution in [3.05, 3.63) is 95.9 Å². The van der Waals surface area contributed by atoms with Crippen molar-refractivity contribution in [2.45, 2.75) is 25.4 Å². The second-order valence-corrected chi connectivity index (χ2v) is 8.11. The summed E-state index contributed by atoms with van der Waals surface area (Å²) in [5, 5.41) is 5.79. The van der Waals surface area contributed by atoms with Crippen molar-refractivity contribution in [3.8, 4) is 0 Å². The molecule has 2 heterocycles. The fourth-order valence-electron chi connectivity index (χ4n) is 4.11. The molecule has 3 aromatic rings. The summed E-state index contributed by atoms with van der Waals surface area (Å²) in [4.78, 5) is 40.5. The van der Waals surface area contributed by atoms with Crippen LogP contribution >= 0.6 is 0 Å². The number of carbonyl (C=O) groups excluding carboxylic acids is 3. The summed E-state index contributed by atoms with van der Waals surface area (Å²) in [6.45, 7) is 1.30. The van der Waals surface area contributed by atoms with Gasteiger partial charge in [-0.1, -0.05) is 36.4 Å². The zero-order valence-electron chi connectivity index (χ0n) is 18.3.